The first-order valence-electron chi connectivity index (χ1n) is 6.86. The van der Waals surface area contributed by atoms with Gasteiger partial charge >= 0.3 is 0 Å². The van der Waals surface area contributed by atoms with Crippen LogP contribution in [0.2, 0.25) is 0 Å². The molecule has 104 valence electrons. The molecule has 4 nitrogen and oxygen atoms in total. The molecular weight excluding hydrogens is 242 g/mol. The molecule has 1 N–H and O–H groups in total. The number of carbonyl (C=O) groups excluding carboxylic acids is 1. The maximum Gasteiger partial charge on any atom is 0.263 e. The Bertz CT molecular complexity index is 407. The van der Waals surface area contributed by atoms with Crippen molar-refractivity contribution in [3.05, 3.63) is 30.3 Å². The quantitative estimate of drug-likeness (QED) is 0.879. The zero-order valence-corrected chi connectivity index (χ0v) is 11.3. The van der Waals surface area contributed by atoms with Crippen LogP contribution in [0.25, 0.3) is 0 Å². The van der Waals surface area contributed by atoms with Crippen LogP contribution in [0.5, 0.6) is 5.75 Å². The van der Waals surface area contributed by atoms with Gasteiger partial charge in [0.05, 0.1) is 0 Å². The molecule has 1 fully saturated rings. The molecule has 1 aliphatic rings. The first-order chi connectivity index (χ1) is 9.24. The van der Waals surface area contributed by atoms with Gasteiger partial charge in [-0.15, -0.1) is 0 Å². The molecule has 0 bridgehead atoms. The van der Waals surface area contributed by atoms with Crippen molar-refractivity contribution in [3.63, 3.8) is 0 Å². The number of benzene rings is 1. The van der Waals surface area contributed by atoms with E-state index < -0.39 is 6.10 Å². The van der Waals surface area contributed by atoms with Crippen LogP contribution in [0.15, 0.2) is 30.3 Å². The second-order valence-corrected chi connectivity index (χ2v) is 4.95. The summed E-state index contributed by atoms with van der Waals surface area (Å²) in [5.41, 5.74) is 0. The Morgan fingerprint density at radius 2 is 2.21 bits per heavy atom. The number of hydrogen-bond donors (Lipinski definition) is 1. The van der Waals surface area contributed by atoms with E-state index in [1.807, 2.05) is 37.3 Å². The van der Waals surface area contributed by atoms with Crippen LogP contribution in [-0.4, -0.2) is 41.7 Å². The number of para-hydroxylation sites is 1. The highest BCUT2D eigenvalue weighted by atomic mass is 16.5. The Balaban J connectivity index is 1.96. The summed E-state index contributed by atoms with van der Waals surface area (Å²) in [5.74, 6) is 0.973. The third-order valence-electron chi connectivity index (χ3n) is 3.52. The van der Waals surface area contributed by atoms with Gasteiger partial charge in [0.2, 0.25) is 0 Å². The summed E-state index contributed by atoms with van der Waals surface area (Å²) in [6, 6.07) is 9.42. The van der Waals surface area contributed by atoms with Crippen molar-refractivity contribution in [2.45, 2.75) is 25.9 Å². The number of carbonyl (C=O) groups is 1. The molecule has 1 aliphatic heterocycles. The SMILES string of the molecule is CCC(Oc1ccccc1)C(=O)N1CCC(CO)C1. The van der Waals surface area contributed by atoms with Gasteiger partial charge in [0.15, 0.2) is 6.10 Å². The molecule has 0 aromatic heterocycles. The second-order valence-electron chi connectivity index (χ2n) is 4.95. The lowest BCUT2D eigenvalue weighted by molar-refractivity contribution is -0.137. The largest absolute Gasteiger partial charge is 0.481 e. The molecule has 1 heterocycles. The highest BCUT2D eigenvalue weighted by molar-refractivity contribution is 5.81. The molecular formula is C15H21NO3. The molecule has 0 saturated carbocycles. The van der Waals surface area contributed by atoms with E-state index in [0.717, 1.165) is 18.7 Å². The predicted octanol–water partition coefficient (Wildman–Crippen LogP) is 1.68. The standard InChI is InChI=1S/C15H21NO3/c1-2-14(19-13-6-4-3-5-7-13)15(18)16-9-8-12(10-16)11-17/h3-7,12,14,17H,2,8-11H2,1H3. The first-order valence-corrected chi connectivity index (χ1v) is 6.86. The lowest BCUT2D eigenvalue weighted by Gasteiger charge is -2.23. The van der Waals surface area contributed by atoms with Crippen LogP contribution in [0.3, 0.4) is 0 Å². The van der Waals surface area contributed by atoms with E-state index in [4.69, 9.17) is 9.84 Å². The Labute approximate surface area is 114 Å². The number of likely N-dealkylation sites (tertiary alicyclic amines) is 1. The third kappa shape index (κ3) is 3.47. The monoisotopic (exact) mass is 263 g/mol. The summed E-state index contributed by atoms with van der Waals surface area (Å²) < 4.78 is 5.75. The number of aliphatic hydroxyl groups is 1. The van der Waals surface area contributed by atoms with Gasteiger partial charge in [-0.2, -0.15) is 0 Å². The predicted molar refractivity (Wildman–Crippen MR) is 72.9 cm³/mol. The molecule has 2 rings (SSSR count). The lowest BCUT2D eigenvalue weighted by Crippen LogP contribution is -2.40. The molecule has 2 unspecified atom stereocenters. The van der Waals surface area contributed by atoms with E-state index in [1.54, 1.807) is 4.90 Å². The summed E-state index contributed by atoms with van der Waals surface area (Å²) in [6.45, 7) is 3.47. The fraction of sp³-hybridized carbons (Fsp3) is 0.533. The molecule has 19 heavy (non-hydrogen) atoms. The fourth-order valence-corrected chi connectivity index (χ4v) is 2.36. The van der Waals surface area contributed by atoms with Gasteiger partial charge in [0.1, 0.15) is 5.75 Å². The van der Waals surface area contributed by atoms with Gasteiger partial charge in [0.25, 0.3) is 5.91 Å². The Kier molecular flexibility index (Phi) is 4.80. The molecule has 0 spiro atoms. The van der Waals surface area contributed by atoms with Crippen molar-refractivity contribution >= 4 is 5.91 Å². The molecule has 1 amide bonds. The second kappa shape index (κ2) is 6.57. The van der Waals surface area contributed by atoms with Crippen molar-refractivity contribution in [1.82, 2.24) is 4.90 Å². The zero-order valence-electron chi connectivity index (χ0n) is 11.3. The van der Waals surface area contributed by atoms with Crippen LogP contribution in [0.4, 0.5) is 0 Å². The van der Waals surface area contributed by atoms with Gasteiger partial charge in [-0.1, -0.05) is 25.1 Å². The van der Waals surface area contributed by atoms with Crippen molar-refractivity contribution in [2.75, 3.05) is 19.7 Å². The number of nitrogens with zero attached hydrogens (tertiary/aromatic N) is 1. The molecule has 0 radical (unpaired) electrons. The van der Waals surface area contributed by atoms with Crippen LogP contribution >= 0.6 is 0 Å². The normalized spacial score (nSPS) is 20.3. The van der Waals surface area contributed by atoms with Crippen molar-refractivity contribution < 1.29 is 14.6 Å². The van der Waals surface area contributed by atoms with Gasteiger partial charge in [-0.3, -0.25) is 4.79 Å². The molecule has 1 aromatic carbocycles. The molecule has 2 atom stereocenters. The van der Waals surface area contributed by atoms with Gasteiger partial charge < -0.3 is 14.7 Å². The average molecular weight is 263 g/mol. The molecule has 1 aromatic rings. The minimum absolute atomic E-state index is 0.0299. The van der Waals surface area contributed by atoms with Crippen LogP contribution < -0.4 is 4.74 Å². The van der Waals surface area contributed by atoms with Crippen LogP contribution in [0.1, 0.15) is 19.8 Å². The topological polar surface area (TPSA) is 49.8 Å². The summed E-state index contributed by atoms with van der Waals surface area (Å²) in [4.78, 5) is 14.2. The van der Waals surface area contributed by atoms with Gasteiger partial charge in [0, 0.05) is 25.6 Å². The van der Waals surface area contributed by atoms with Crippen LogP contribution in [0, 0.1) is 5.92 Å². The summed E-state index contributed by atoms with van der Waals surface area (Å²) in [6.07, 6.45) is 1.10. The van der Waals surface area contributed by atoms with E-state index in [0.29, 0.717) is 13.0 Å². The summed E-state index contributed by atoms with van der Waals surface area (Å²) in [5, 5.41) is 9.13. The number of rotatable bonds is 5. The summed E-state index contributed by atoms with van der Waals surface area (Å²) in [7, 11) is 0. The van der Waals surface area contributed by atoms with Crippen molar-refractivity contribution in [3.8, 4) is 5.75 Å². The molecule has 1 saturated heterocycles. The third-order valence-corrected chi connectivity index (χ3v) is 3.52. The smallest absolute Gasteiger partial charge is 0.263 e. The zero-order chi connectivity index (χ0) is 13.7. The fourth-order valence-electron chi connectivity index (χ4n) is 2.36. The highest BCUT2D eigenvalue weighted by Gasteiger charge is 2.30. The number of hydrogen-bond acceptors (Lipinski definition) is 3. The number of aliphatic hydroxyl groups excluding tert-OH is 1. The van der Waals surface area contributed by atoms with E-state index in [-0.39, 0.29) is 18.4 Å². The van der Waals surface area contributed by atoms with Crippen LogP contribution in [-0.2, 0) is 4.79 Å². The lowest BCUT2D eigenvalue weighted by atomic mass is 10.1. The maximum absolute atomic E-state index is 12.4. The van der Waals surface area contributed by atoms with Crippen molar-refractivity contribution in [2.24, 2.45) is 5.92 Å². The minimum atomic E-state index is -0.431. The van der Waals surface area contributed by atoms with E-state index in [9.17, 15) is 4.79 Å². The summed E-state index contributed by atoms with van der Waals surface area (Å²) >= 11 is 0. The Morgan fingerprint density at radius 1 is 1.47 bits per heavy atom. The van der Waals surface area contributed by atoms with E-state index >= 15 is 0 Å². The van der Waals surface area contributed by atoms with E-state index in [1.165, 1.54) is 0 Å². The van der Waals surface area contributed by atoms with E-state index in [2.05, 4.69) is 0 Å². The Morgan fingerprint density at radius 3 is 2.79 bits per heavy atom. The highest BCUT2D eigenvalue weighted by Crippen LogP contribution is 2.19. The maximum atomic E-state index is 12.4. The Hall–Kier alpha value is -1.55. The van der Waals surface area contributed by atoms with Crippen molar-refractivity contribution in [1.29, 1.82) is 0 Å². The molecule has 4 heteroatoms. The average Bonchev–Trinajstić information content (AvgIpc) is 2.94. The van der Waals surface area contributed by atoms with Gasteiger partial charge in [-0.05, 0) is 25.0 Å². The minimum Gasteiger partial charge on any atom is -0.481 e. The first kappa shape index (κ1) is 13.9. The number of ether oxygens (including phenoxy) is 1. The number of amides is 1. The van der Waals surface area contributed by atoms with Gasteiger partial charge in [-0.25, -0.2) is 0 Å². The molecule has 0 aliphatic carbocycles.